The van der Waals surface area contributed by atoms with Crippen LogP contribution in [0.25, 0.3) is 5.65 Å². The van der Waals surface area contributed by atoms with Crippen molar-refractivity contribution in [3.63, 3.8) is 0 Å². The number of hydrogen-bond donors (Lipinski definition) is 1. The summed E-state index contributed by atoms with van der Waals surface area (Å²) in [5.41, 5.74) is 0.393. The third-order valence-corrected chi connectivity index (χ3v) is 3.57. The Balaban J connectivity index is 2.11. The summed E-state index contributed by atoms with van der Waals surface area (Å²) >= 11 is 1.94. The first-order chi connectivity index (χ1) is 7.86. The molecular weight excluding hydrogens is 226 g/mol. The molecule has 1 N–H and O–H groups in total. The second-order valence-corrected chi connectivity index (χ2v) is 4.80. The van der Waals surface area contributed by atoms with E-state index in [4.69, 9.17) is 0 Å². The third-order valence-electron chi connectivity index (χ3n) is 2.63. The fraction of sp³-hybridized carbons (Fsp3) is 0.444. The van der Waals surface area contributed by atoms with Crippen LogP contribution in [-0.4, -0.2) is 44.2 Å². The standard InChI is InChI=1S/C9H11N5OS/c15-9-12-11-8-7(10-1-2-14(8)9)13-3-5-16-6-4-13/h1-2H,3-6H2,(H,12,15). The Morgan fingerprint density at radius 2 is 2.19 bits per heavy atom. The number of thioether (sulfide) groups is 1. The molecule has 0 radical (unpaired) electrons. The van der Waals surface area contributed by atoms with Gasteiger partial charge in [-0.25, -0.2) is 19.3 Å². The first-order valence-corrected chi connectivity index (χ1v) is 6.26. The van der Waals surface area contributed by atoms with Gasteiger partial charge < -0.3 is 4.90 Å². The van der Waals surface area contributed by atoms with Crippen LogP contribution in [0.5, 0.6) is 0 Å². The van der Waals surface area contributed by atoms with Crippen molar-refractivity contribution >= 4 is 23.2 Å². The van der Waals surface area contributed by atoms with Crippen LogP contribution in [0.15, 0.2) is 17.2 Å². The van der Waals surface area contributed by atoms with Gasteiger partial charge in [0.15, 0.2) is 5.82 Å². The number of aromatic amines is 1. The number of rotatable bonds is 1. The minimum atomic E-state index is -0.218. The molecule has 0 spiro atoms. The molecule has 0 bridgehead atoms. The maximum atomic E-state index is 11.4. The van der Waals surface area contributed by atoms with Crippen molar-refractivity contribution in [2.45, 2.75) is 0 Å². The zero-order valence-electron chi connectivity index (χ0n) is 8.59. The average Bonchev–Trinajstić information content (AvgIpc) is 2.73. The highest BCUT2D eigenvalue weighted by Gasteiger charge is 2.16. The highest BCUT2D eigenvalue weighted by atomic mass is 32.2. The lowest BCUT2D eigenvalue weighted by Crippen LogP contribution is -2.33. The molecule has 1 fully saturated rings. The van der Waals surface area contributed by atoms with Gasteiger partial charge in [0.1, 0.15) is 0 Å². The molecule has 84 valence electrons. The van der Waals surface area contributed by atoms with Gasteiger partial charge in [-0.05, 0) is 0 Å². The van der Waals surface area contributed by atoms with E-state index in [1.165, 1.54) is 4.40 Å². The molecule has 0 aromatic carbocycles. The monoisotopic (exact) mass is 237 g/mol. The highest BCUT2D eigenvalue weighted by molar-refractivity contribution is 7.99. The Morgan fingerprint density at radius 1 is 1.38 bits per heavy atom. The Labute approximate surface area is 95.7 Å². The number of nitrogens with one attached hydrogen (secondary N) is 1. The van der Waals surface area contributed by atoms with E-state index >= 15 is 0 Å². The van der Waals surface area contributed by atoms with Gasteiger partial charge in [0.25, 0.3) is 0 Å². The molecule has 2 aromatic rings. The third kappa shape index (κ3) is 1.47. The number of nitrogens with zero attached hydrogens (tertiary/aromatic N) is 4. The summed E-state index contributed by atoms with van der Waals surface area (Å²) in [6, 6.07) is 0. The van der Waals surface area contributed by atoms with E-state index in [1.807, 2.05) is 11.8 Å². The van der Waals surface area contributed by atoms with Gasteiger partial charge in [-0.2, -0.15) is 11.8 Å². The largest absolute Gasteiger partial charge is 0.352 e. The molecule has 2 aromatic heterocycles. The normalized spacial score (nSPS) is 16.9. The molecule has 1 aliphatic heterocycles. The Hall–Kier alpha value is -1.50. The maximum Gasteiger partial charge on any atom is 0.347 e. The van der Waals surface area contributed by atoms with E-state index in [-0.39, 0.29) is 5.69 Å². The van der Waals surface area contributed by atoms with Gasteiger partial charge in [0.05, 0.1) is 0 Å². The van der Waals surface area contributed by atoms with Gasteiger partial charge in [-0.1, -0.05) is 0 Å². The summed E-state index contributed by atoms with van der Waals surface area (Å²) < 4.78 is 1.49. The average molecular weight is 237 g/mol. The second-order valence-electron chi connectivity index (χ2n) is 3.57. The smallest absolute Gasteiger partial charge is 0.347 e. The van der Waals surface area contributed by atoms with E-state index in [9.17, 15) is 4.79 Å². The molecule has 0 aliphatic carbocycles. The van der Waals surface area contributed by atoms with E-state index in [0.717, 1.165) is 30.4 Å². The molecule has 3 rings (SSSR count). The number of anilines is 1. The summed E-state index contributed by atoms with van der Waals surface area (Å²) in [5, 5.41) is 6.45. The number of hydrogen-bond acceptors (Lipinski definition) is 5. The van der Waals surface area contributed by atoms with Crippen LogP contribution in [-0.2, 0) is 0 Å². The summed E-state index contributed by atoms with van der Waals surface area (Å²) in [5.74, 6) is 2.98. The van der Waals surface area contributed by atoms with Crippen molar-refractivity contribution in [3.05, 3.63) is 22.9 Å². The van der Waals surface area contributed by atoms with Crippen molar-refractivity contribution < 1.29 is 0 Å². The fourth-order valence-corrected chi connectivity index (χ4v) is 2.73. The predicted molar refractivity (Wildman–Crippen MR) is 63.1 cm³/mol. The van der Waals surface area contributed by atoms with Crippen LogP contribution < -0.4 is 10.6 Å². The molecule has 16 heavy (non-hydrogen) atoms. The summed E-state index contributed by atoms with van der Waals surface area (Å²) in [6.07, 6.45) is 3.27. The summed E-state index contributed by atoms with van der Waals surface area (Å²) in [6.45, 7) is 1.91. The van der Waals surface area contributed by atoms with E-state index in [0.29, 0.717) is 5.65 Å². The Bertz CT molecular complexity index is 556. The summed E-state index contributed by atoms with van der Waals surface area (Å²) in [7, 11) is 0. The van der Waals surface area contributed by atoms with Crippen LogP contribution >= 0.6 is 11.8 Å². The lowest BCUT2D eigenvalue weighted by Gasteiger charge is -2.27. The quantitative estimate of drug-likeness (QED) is 0.754. The molecule has 6 nitrogen and oxygen atoms in total. The molecule has 0 atom stereocenters. The first-order valence-electron chi connectivity index (χ1n) is 5.11. The van der Waals surface area contributed by atoms with Crippen molar-refractivity contribution in [3.8, 4) is 0 Å². The van der Waals surface area contributed by atoms with E-state index in [2.05, 4.69) is 20.1 Å². The molecule has 1 aliphatic rings. The van der Waals surface area contributed by atoms with Crippen molar-refractivity contribution in [1.29, 1.82) is 0 Å². The molecule has 0 saturated carbocycles. The molecule has 3 heterocycles. The topological polar surface area (TPSA) is 66.3 Å². The minimum Gasteiger partial charge on any atom is -0.352 e. The SMILES string of the molecule is O=c1[nH]nc2c(N3CCSCC3)nccn12. The molecule has 0 unspecified atom stereocenters. The van der Waals surface area contributed by atoms with Crippen LogP contribution in [0.4, 0.5) is 5.82 Å². The van der Waals surface area contributed by atoms with Gasteiger partial charge in [-0.3, -0.25) is 0 Å². The van der Waals surface area contributed by atoms with Crippen molar-refractivity contribution in [2.75, 3.05) is 29.5 Å². The van der Waals surface area contributed by atoms with Gasteiger partial charge >= 0.3 is 5.69 Å². The summed E-state index contributed by atoms with van der Waals surface area (Å²) in [4.78, 5) is 17.9. The van der Waals surface area contributed by atoms with Crippen LogP contribution in [0.2, 0.25) is 0 Å². The van der Waals surface area contributed by atoms with Gasteiger partial charge in [-0.15, -0.1) is 5.10 Å². The lowest BCUT2D eigenvalue weighted by atomic mass is 10.4. The predicted octanol–water partition coefficient (Wildman–Crippen LogP) is -0.0292. The first kappa shape index (κ1) is 9.71. The van der Waals surface area contributed by atoms with Crippen LogP contribution in [0, 0.1) is 0 Å². The zero-order valence-corrected chi connectivity index (χ0v) is 9.40. The van der Waals surface area contributed by atoms with Crippen molar-refractivity contribution in [2.24, 2.45) is 0 Å². The molecule has 0 amide bonds. The Morgan fingerprint density at radius 3 is 3.00 bits per heavy atom. The van der Waals surface area contributed by atoms with Crippen LogP contribution in [0.1, 0.15) is 0 Å². The van der Waals surface area contributed by atoms with E-state index < -0.39 is 0 Å². The number of H-pyrrole nitrogens is 1. The lowest BCUT2D eigenvalue weighted by molar-refractivity contribution is 0.835. The minimum absolute atomic E-state index is 0.218. The molecule has 1 saturated heterocycles. The van der Waals surface area contributed by atoms with Crippen LogP contribution in [0.3, 0.4) is 0 Å². The number of aromatic nitrogens is 4. The van der Waals surface area contributed by atoms with Crippen molar-refractivity contribution in [1.82, 2.24) is 19.6 Å². The van der Waals surface area contributed by atoms with E-state index in [1.54, 1.807) is 12.4 Å². The second kappa shape index (κ2) is 3.82. The molecule has 7 heteroatoms. The Kier molecular flexibility index (Phi) is 2.32. The zero-order chi connectivity index (χ0) is 11.0. The van der Waals surface area contributed by atoms with Gasteiger partial charge in [0, 0.05) is 37.0 Å². The highest BCUT2D eigenvalue weighted by Crippen LogP contribution is 2.19. The number of fused-ring (bicyclic) bond motifs is 1. The van der Waals surface area contributed by atoms with Gasteiger partial charge in [0.2, 0.25) is 5.65 Å². The molecular formula is C9H11N5OS. The fourth-order valence-electron chi connectivity index (χ4n) is 1.83. The maximum absolute atomic E-state index is 11.4.